The first-order valence-electron chi connectivity index (χ1n) is 8.34. The molecular formula is C20H20N2O4. The predicted octanol–water partition coefficient (Wildman–Crippen LogP) is 2.48. The van der Waals surface area contributed by atoms with Crippen LogP contribution in [0.1, 0.15) is 45.5 Å². The van der Waals surface area contributed by atoms with E-state index in [0.29, 0.717) is 23.2 Å². The molecule has 2 aromatic rings. The van der Waals surface area contributed by atoms with Gasteiger partial charge < -0.3 is 15.4 Å². The molecule has 26 heavy (non-hydrogen) atoms. The minimum Gasteiger partial charge on any atom is -0.465 e. The second-order valence-electron chi connectivity index (χ2n) is 6.34. The number of primary amides is 1. The number of anilines is 1. The molecule has 6 nitrogen and oxygen atoms in total. The number of para-hydroxylation sites is 1. The van der Waals surface area contributed by atoms with Crippen LogP contribution in [0.25, 0.3) is 0 Å². The molecule has 0 aliphatic carbocycles. The van der Waals surface area contributed by atoms with E-state index in [4.69, 9.17) is 5.73 Å². The maximum Gasteiger partial charge on any atom is 0.337 e. The lowest BCUT2D eigenvalue weighted by atomic mass is 9.85. The van der Waals surface area contributed by atoms with Crippen molar-refractivity contribution in [3.05, 3.63) is 65.2 Å². The monoisotopic (exact) mass is 352 g/mol. The summed E-state index contributed by atoms with van der Waals surface area (Å²) in [6, 6.07) is 13.5. The third-order valence-electron chi connectivity index (χ3n) is 4.70. The van der Waals surface area contributed by atoms with Gasteiger partial charge in [0.05, 0.1) is 18.6 Å². The summed E-state index contributed by atoms with van der Waals surface area (Å²) in [6.07, 6.45) is 0.471. The molecule has 0 spiro atoms. The Morgan fingerprint density at radius 2 is 1.65 bits per heavy atom. The number of nitrogens with two attached hydrogens (primary N) is 1. The molecule has 1 aliphatic heterocycles. The quantitative estimate of drug-likeness (QED) is 0.860. The number of methoxy groups -OCH3 is 1. The van der Waals surface area contributed by atoms with Crippen LogP contribution in [0, 0.1) is 0 Å². The Labute approximate surface area is 151 Å². The highest BCUT2D eigenvalue weighted by molar-refractivity contribution is 6.08. The zero-order valence-corrected chi connectivity index (χ0v) is 14.6. The third kappa shape index (κ3) is 3.06. The Hall–Kier alpha value is -3.15. The maximum atomic E-state index is 13.1. The van der Waals surface area contributed by atoms with Crippen LogP contribution in [-0.4, -0.2) is 30.9 Å². The summed E-state index contributed by atoms with van der Waals surface area (Å²) in [5, 5.41) is 0. The van der Waals surface area contributed by atoms with E-state index >= 15 is 0 Å². The summed E-state index contributed by atoms with van der Waals surface area (Å²) in [5.41, 5.74) is 7.84. The van der Waals surface area contributed by atoms with Crippen molar-refractivity contribution in [1.29, 1.82) is 0 Å². The Balaban J connectivity index is 1.97. The van der Waals surface area contributed by atoms with Crippen LogP contribution >= 0.6 is 0 Å². The summed E-state index contributed by atoms with van der Waals surface area (Å²) in [7, 11) is 1.31. The van der Waals surface area contributed by atoms with Crippen molar-refractivity contribution < 1.29 is 19.1 Å². The summed E-state index contributed by atoms with van der Waals surface area (Å²) >= 11 is 0. The average Bonchev–Trinajstić information content (AvgIpc) is 2.66. The molecule has 2 atom stereocenters. The van der Waals surface area contributed by atoms with Gasteiger partial charge in [-0.1, -0.05) is 18.2 Å². The normalized spacial score (nSPS) is 18.8. The van der Waals surface area contributed by atoms with Crippen LogP contribution in [0.3, 0.4) is 0 Å². The molecule has 2 aromatic carbocycles. The van der Waals surface area contributed by atoms with Crippen LogP contribution in [0.5, 0.6) is 0 Å². The van der Waals surface area contributed by atoms with Crippen molar-refractivity contribution in [2.24, 2.45) is 5.73 Å². The van der Waals surface area contributed by atoms with E-state index in [1.807, 2.05) is 31.2 Å². The van der Waals surface area contributed by atoms with Crippen molar-refractivity contribution >= 4 is 23.5 Å². The summed E-state index contributed by atoms with van der Waals surface area (Å²) in [6.45, 7) is 1.90. The second-order valence-corrected chi connectivity index (χ2v) is 6.34. The Morgan fingerprint density at radius 3 is 2.27 bits per heavy atom. The van der Waals surface area contributed by atoms with E-state index in [9.17, 15) is 14.4 Å². The molecule has 2 amide bonds. The van der Waals surface area contributed by atoms with Gasteiger partial charge in [-0.15, -0.1) is 0 Å². The Kier molecular flexibility index (Phi) is 4.75. The summed E-state index contributed by atoms with van der Waals surface area (Å²) < 4.78 is 4.67. The van der Waals surface area contributed by atoms with E-state index < -0.39 is 11.9 Å². The number of ether oxygens (including phenoxy) is 1. The topological polar surface area (TPSA) is 89.7 Å². The van der Waals surface area contributed by atoms with Crippen molar-refractivity contribution in [3.8, 4) is 0 Å². The molecule has 0 fully saturated rings. The van der Waals surface area contributed by atoms with Gasteiger partial charge in [0.2, 0.25) is 5.91 Å². The molecule has 0 saturated heterocycles. The second kappa shape index (κ2) is 7.00. The Morgan fingerprint density at radius 1 is 1.04 bits per heavy atom. The lowest BCUT2D eigenvalue weighted by Gasteiger charge is -2.38. The van der Waals surface area contributed by atoms with Crippen LogP contribution in [-0.2, 0) is 9.53 Å². The van der Waals surface area contributed by atoms with Gasteiger partial charge in [-0.05, 0) is 49.2 Å². The third-order valence-corrected chi connectivity index (χ3v) is 4.70. The van der Waals surface area contributed by atoms with Crippen molar-refractivity contribution in [2.45, 2.75) is 25.3 Å². The molecular weight excluding hydrogens is 332 g/mol. The first-order valence-corrected chi connectivity index (χ1v) is 8.34. The minimum atomic E-state index is -0.454. The first-order chi connectivity index (χ1) is 12.4. The fourth-order valence-corrected chi connectivity index (χ4v) is 3.40. The van der Waals surface area contributed by atoms with Crippen molar-refractivity contribution in [1.82, 2.24) is 0 Å². The van der Waals surface area contributed by atoms with E-state index in [-0.39, 0.29) is 17.9 Å². The standard InChI is InChI=1S/C20H20N2O4/c1-12-11-16(18(21)23)15-5-3-4-6-17(15)22(12)19(24)13-7-9-14(10-8-13)20(25)26-2/h3-10,12,16H,11H2,1-2H3,(H2,21,23)/t12-,16+/m1/s1. The lowest BCUT2D eigenvalue weighted by Crippen LogP contribution is -2.45. The molecule has 0 aromatic heterocycles. The van der Waals surface area contributed by atoms with Gasteiger partial charge in [-0.2, -0.15) is 0 Å². The predicted molar refractivity (Wildman–Crippen MR) is 97.0 cm³/mol. The van der Waals surface area contributed by atoms with Crippen molar-refractivity contribution in [3.63, 3.8) is 0 Å². The number of esters is 1. The maximum absolute atomic E-state index is 13.1. The first kappa shape index (κ1) is 17.7. The smallest absolute Gasteiger partial charge is 0.337 e. The van der Waals surface area contributed by atoms with Gasteiger partial charge in [0, 0.05) is 17.3 Å². The number of rotatable bonds is 3. The van der Waals surface area contributed by atoms with Crippen LogP contribution in [0.15, 0.2) is 48.5 Å². The average molecular weight is 352 g/mol. The highest BCUT2D eigenvalue weighted by atomic mass is 16.5. The van der Waals surface area contributed by atoms with E-state index in [0.717, 1.165) is 5.56 Å². The fraction of sp³-hybridized carbons (Fsp3) is 0.250. The zero-order chi connectivity index (χ0) is 18.8. The number of hydrogen-bond acceptors (Lipinski definition) is 4. The lowest BCUT2D eigenvalue weighted by molar-refractivity contribution is -0.119. The van der Waals surface area contributed by atoms with Crippen LogP contribution in [0.2, 0.25) is 0 Å². The highest BCUT2D eigenvalue weighted by Gasteiger charge is 2.36. The molecule has 1 heterocycles. The molecule has 0 radical (unpaired) electrons. The largest absolute Gasteiger partial charge is 0.465 e. The van der Waals surface area contributed by atoms with Gasteiger partial charge >= 0.3 is 5.97 Å². The van der Waals surface area contributed by atoms with Gasteiger partial charge in [-0.3, -0.25) is 9.59 Å². The van der Waals surface area contributed by atoms with Crippen LogP contribution in [0.4, 0.5) is 5.69 Å². The van der Waals surface area contributed by atoms with E-state index in [2.05, 4.69) is 4.74 Å². The number of benzene rings is 2. The molecule has 2 N–H and O–H groups in total. The minimum absolute atomic E-state index is 0.185. The highest BCUT2D eigenvalue weighted by Crippen LogP contribution is 2.38. The number of hydrogen-bond donors (Lipinski definition) is 1. The fourth-order valence-electron chi connectivity index (χ4n) is 3.40. The van der Waals surface area contributed by atoms with Gasteiger partial charge in [0.1, 0.15) is 0 Å². The molecule has 0 unspecified atom stereocenters. The summed E-state index contributed by atoms with van der Waals surface area (Å²) in [5.74, 6) is -1.44. The number of carbonyl (C=O) groups excluding carboxylic acids is 3. The van der Waals surface area contributed by atoms with Crippen molar-refractivity contribution in [2.75, 3.05) is 12.0 Å². The van der Waals surface area contributed by atoms with E-state index in [1.165, 1.54) is 7.11 Å². The molecule has 0 saturated carbocycles. The zero-order valence-electron chi connectivity index (χ0n) is 14.6. The Bertz CT molecular complexity index is 860. The number of nitrogens with zero attached hydrogens (tertiary/aromatic N) is 1. The SMILES string of the molecule is COC(=O)c1ccc(C(=O)N2c3ccccc3[C@@H](C(N)=O)C[C@H]2C)cc1. The summed E-state index contributed by atoms with van der Waals surface area (Å²) in [4.78, 5) is 38.1. The van der Waals surface area contributed by atoms with Gasteiger partial charge in [-0.25, -0.2) is 4.79 Å². The number of carbonyl (C=O) groups is 3. The van der Waals surface area contributed by atoms with Gasteiger partial charge in [0.15, 0.2) is 0 Å². The number of fused-ring (bicyclic) bond motifs is 1. The van der Waals surface area contributed by atoms with Gasteiger partial charge in [0.25, 0.3) is 5.91 Å². The van der Waals surface area contributed by atoms with Crippen LogP contribution < -0.4 is 10.6 Å². The molecule has 134 valence electrons. The molecule has 6 heteroatoms. The molecule has 1 aliphatic rings. The van der Waals surface area contributed by atoms with E-state index in [1.54, 1.807) is 29.2 Å². The number of amides is 2. The molecule has 3 rings (SSSR count). The molecule has 0 bridgehead atoms.